The van der Waals surface area contributed by atoms with Gasteiger partial charge in [-0.25, -0.2) is 4.39 Å². The summed E-state index contributed by atoms with van der Waals surface area (Å²) >= 11 is 0. The van der Waals surface area contributed by atoms with Crippen molar-refractivity contribution in [3.8, 4) is 0 Å². The topological polar surface area (TPSA) is 37.2 Å². The predicted molar refractivity (Wildman–Crippen MR) is 56.5 cm³/mol. The maximum atomic E-state index is 13.0. The van der Waals surface area contributed by atoms with Crippen LogP contribution in [0.4, 0.5) is 4.39 Å². The SMILES string of the molecule is C[Si](C)(C)c1cc2c(cc(F)c[n+]2O)o1. The van der Waals surface area contributed by atoms with Gasteiger partial charge in [0.05, 0.1) is 11.4 Å². The summed E-state index contributed by atoms with van der Waals surface area (Å²) in [5.41, 5.74) is 0.892. The number of pyridine rings is 1. The predicted octanol–water partition coefficient (Wildman–Crippen LogP) is 1.64. The quantitative estimate of drug-likeness (QED) is 0.456. The summed E-state index contributed by atoms with van der Waals surface area (Å²) < 4.78 is 19.3. The molecule has 0 spiro atoms. The Balaban J connectivity index is 2.71. The number of furan rings is 1. The van der Waals surface area contributed by atoms with Crippen LogP contribution in [0.3, 0.4) is 0 Å². The lowest BCUT2D eigenvalue weighted by atomic mass is 10.4. The minimum Gasteiger partial charge on any atom is -0.459 e. The fourth-order valence-corrected chi connectivity index (χ4v) is 2.38. The van der Waals surface area contributed by atoms with Gasteiger partial charge in [-0.1, -0.05) is 19.6 Å². The zero-order chi connectivity index (χ0) is 11.2. The molecule has 1 N–H and O–H groups in total. The van der Waals surface area contributed by atoms with E-state index in [-0.39, 0.29) is 0 Å². The highest BCUT2D eigenvalue weighted by Gasteiger charge is 2.25. The minimum atomic E-state index is -1.57. The van der Waals surface area contributed by atoms with E-state index in [1.807, 2.05) is 0 Å². The first-order valence-corrected chi connectivity index (χ1v) is 8.22. The summed E-state index contributed by atoms with van der Waals surface area (Å²) in [4.78, 5) is 0. The van der Waals surface area contributed by atoms with Crippen LogP contribution in [0.2, 0.25) is 19.6 Å². The summed E-state index contributed by atoms with van der Waals surface area (Å²) in [7, 11) is -1.57. The van der Waals surface area contributed by atoms with Gasteiger partial charge in [-0.15, -0.1) is 0 Å². The van der Waals surface area contributed by atoms with Gasteiger partial charge in [0.15, 0.2) is 5.82 Å². The standard InChI is InChI=1S/C10H13FNO2Si/c1-15(2,3)10-5-8-9(14-10)4-7(11)6-12(8)13/h4-6,13H,1-3H3/q+1. The second-order valence-electron chi connectivity index (χ2n) is 4.61. The number of aromatic nitrogens is 1. The molecular formula is C10H13FNO2Si+. The van der Waals surface area contributed by atoms with Crippen molar-refractivity contribution >= 4 is 24.6 Å². The molecular weight excluding hydrogens is 213 g/mol. The van der Waals surface area contributed by atoms with E-state index in [1.165, 1.54) is 6.07 Å². The fourth-order valence-electron chi connectivity index (χ4n) is 1.40. The van der Waals surface area contributed by atoms with Gasteiger partial charge in [0.2, 0.25) is 5.58 Å². The Labute approximate surface area is 87.7 Å². The van der Waals surface area contributed by atoms with E-state index in [2.05, 4.69) is 19.6 Å². The summed E-state index contributed by atoms with van der Waals surface area (Å²) in [6.45, 7) is 6.38. The monoisotopic (exact) mass is 226 g/mol. The van der Waals surface area contributed by atoms with E-state index in [9.17, 15) is 9.60 Å². The lowest BCUT2D eigenvalue weighted by Crippen LogP contribution is -2.36. The smallest absolute Gasteiger partial charge is 0.302 e. The van der Waals surface area contributed by atoms with Crippen molar-refractivity contribution in [2.45, 2.75) is 19.6 Å². The lowest BCUT2D eigenvalue weighted by Gasteiger charge is -2.09. The van der Waals surface area contributed by atoms with Crippen molar-refractivity contribution in [1.29, 1.82) is 0 Å². The summed E-state index contributed by atoms with van der Waals surface area (Å²) in [5.74, 6) is -0.513. The van der Waals surface area contributed by atoms with Crippen molar-refractivity contribution < 1.29 is 18.7 Å². The highest BCUT2D eigenvalue weighted by atomic mass is 28.3. The molecule has 0 radical (unpaired) electrons. The molecule has 0 saturated heterocycles. The molecule has 2 aromatic rings. The molecule has 2 heterocycles. The van der Waals surface area contributed by atoms with Crippen LogP contribution in [-0.4, -0.2) is 13.3 Å². The zero-order valence-electron chi connectivity index (χ0n) is 8.91. The van der Waals surface area contributed by atoms with Gasteiger partial charge in [-0.3, -0.25) is 5.21 Å². The van der Waals surface area contributed by atoms with Crippen LogP contribution in [-0.2, 0) is 0 Å². The van der Waals surface area contributed by atoms with Crippen LogP contribution >= 0.6 is 0 Å². The molecule has 0 amide bonds. The highest BCUT2D eigenvalue weighted by Crippen LogP contribution is 2.14. The molecule has 0 unspecified atom stereocenters. The lowest BCUT2D eigenvalue weighted by molar-refractivity contribution is -0.885. The molecule has 0 atom stereocenters. The number of hydrogen-bond donors (Lipinski definition) is 1. The summed E-state index contributed by atoms with van der Waals surface area (Å²) in [6, 6.07) is 3.06. The summed E-state index contributed by atoms with van der Waals surface area (Å²) in [5, 5.41) is 10.3. The van der Waals surface area contributed by atoms with Crippen LogP contribution in [0.5, 0.6) is 0 Å². The maximum absolute atomic E-state index is 13.0. The van der Waals surface area contributed by atoms with E-state index in [0.717, 1.165) is 16.3 Å². The molecule has 2 aromatic heterocycles. The van der Waals surface area contributed by atoms with Gasteiger partial charge in [0.25, 0.3) is 6.20 Å². The number of fused-ring (bicyclic) bond motifs is 1. The van der Waals surface area contributed by atoms with E-state index in [4.69, 9.17) is 4.42 Å². The van der Waals surface area contributed by atoms with Gasteiger partial charge in [0.1, 0.15) is 8.07 Å². The highest BCUT2D eigenvalue weighted by molar-refractivity contribution is 6.87. The Hall–Kier alpha value is -1.36. The molecule has 0 aliphatic heterocycles. The van der Waals surface area contributed by atoms with Crippen LogP contribution in [0.25, 0.3) is 11.1 Å². The van der Waals surface area contributed by atoms with Gasteiger partial charge in [0, 0.05) is 10.8 Å². The molecule has 2 rings (SSSR count). The number of rotatable bonds is 1. The first-order chi connectivity index (χ1) is 6.88. The Morgan fingerprint density at radius 2 is 2.00 bits per heavy atom. The molecule has 15 heavy (non-hydrogen) atoms. The Bertz CT molecular complexity index is 516. The molecule has 0 saturated carbocycles. The minimum absolute atomic E-state index is 0.384. The Morgan fingerprint density at radius 1 is 1.33 bits per heavy atom. The van der Waals surface area contributed by atoms with Crippen LogP contribution in [0, 0.1) is 5.82 Å². The van der Waals surface area contributed by atoms with Gasteiger partial charge >= 0.3 is 5.52 Å². The third-order valence-electron chi connectivity index (χ3n) is 2.24. The van der Waals surface area contributed by atoms with Crippen molar-refractivity contribution in [1.82, 2.24) is 0 Å². The largest absolute Gasteiger partial charge is 0.459 e. The normalized spacial score (nSPS) is 12.3. The van der Waals surface area contributed by atoms with Gasteiger partial charge in [-0.05, 0) is 0 Å². The molecule has 0 bridgehead atoms. The van der Waals surface area contributed by atoms with Crippen LogP contribution in [0.1, 0.15) is 0 Å². The van der Waals surface area contributed by atoms with Gasteiger partial charge < -0.3 is 4.42 Å². The third-order valence-corrected chi connectivity index (χ3v) is 3.97. The third kappa shape index (κ3) is 1.74. The van der Waals surface area contributed by atoms with E-state index in [1.54, 1.807) is 6.07 Å². The van der Waals surface area contributed by atoms with Crippen molar-refractivity contribution in [2.75, 3.05) is 0 Å². The zero-order valence-corrected chi connectivity index (χ0v) is 9.91. The fraction of sp³-hybridized carbons (Fsp3) is 0.300. The molecule has 0 fully saturated rings. The molecule has 0 aliphatic carbocycles. The first kappa shape index (κ1) is 10.2. The number of halogens is 1. The molecule has 0 aliphatic rings. The van der Waals surface area contributed by atoms with Crippen molar-refractivity contribution in [3.05, 3.63) is 24.1 Å². The van der Waals surface area contributed by atoms with E-state index >= 15 is 0 Å². The molecule has 3 nitrogen and oxygen atoms in total. The van der Waals surface area contributed by atoms with E-state index in [0.29, 0.717) is 11.1 Å². The van der Waals surface area contributed by atoms with E-state index < -0.39 is 13.9 Å². The first-order valence-electron chi connectivity index (χ1n) is 4.72. The molecule has 0 aromatic carbocycles. The second-order valence-corrected chi connectivity index (χ2v) is 9.61. The average Bonchev–Trinajstić information content (AvgIpc) is 2.46. The van der Waals surface area contributed by atoms with Crippen LogP contribution < -0.4 is 10.1 Å². The van der Waals surface area contributed by atoms with Gasteiger partial charge in [-0.2, -0.15) is 0 Å². The van der Waals surface area contributed by atoms with Crippen molar-refractivity contribution in [2.24, 2.45) is 0 Å². The van der Waals surface area contributed by atoms with Crippen molar-refractivity contribution in [3.63, 3.8) is 0 Å². The second kappa shape index (κ2) is 3.06. The molecule has 5 heteroatoms. The number of nitrogens with zero attached hydrogens (tertiary/aromatic N) is 1. The number of hydrogen-bond acceptors (Lipinski definition) is 2. The van der Waals surface area contributed by atoms with Crippen LogP contribution in [0.15, 0.2) is 22.7 Å². The Kier molecular flexibility index (Phi) is 2.08. The maximum Gasteiger partial charge on any atom is 0.302 e. The average molecular weight is 226 g/mol. The Morgan fingerprint density at radius 3 is 2.60 bits per heavy atom. The molecule has 80 valence electrons. The summed E-state index contributed by atoms with van der Waals surface area (Å²) in [6.07, 6.45) is 1.02.